The second kappa shape index (κ2) is 58.2. The third-order valence-corrected chi connectivity index (χ3v) is 15.5. The van der Waals surface area contributed by atoms with Crippen LogP contribution in [0, 0.1) is 0 Å². The van der Waals surface area contributed by atoms with Gasteiger partial charge in [-0.1, -0.05) is 12.8 Å². The van der Waals surface area contributed by atoms with Crippen LogP contribution in [0.2, 0.25) is 0 Å². The molecule has 8 amide bonds. The molecule has 6 saturated heterocycles. The first kappa shape index (κ1) is 93.9. The number of hydrogen-bond acceptors (Lipinski definition) is 25. The molecule has 0 saturated carbocycles. The van der Waals surface area contributed by atoms with Crippen LogP contribution >= 0.6 is 0 Å². The van der Waals surface area contributed by atoms with Crippen LogP contribution < -0.4 is 10.6 Å². The van der Waals surface area contributed by atoms with E-state index in [9.17, 15) is 86.3 Å². The first-order valence-electron chi connectivity index (χ1n) is 35.1. The highest BCUT2D eigenvalue weighted by Gasteiger charge is 2.24. The Morgan fingerprint density at radius 1 is 0.290 bits per heavy atom. The zero-order valence-corrected chi connectivity index (χ0v) is 61.0. The van der Waals surface area contributed by atoms with Gasteiger partial charge >= 0.3 is 59.7 Å². The van der Waals surface area contributed by atoms with Crippen LogP contribution in [-0.2, 0) is 119 Å². The lowest BCUT2D eigenvalue weighted by Crippen LogP contribution is -2.34. The number of esters is 7. The maximum atomic E-state index is 11.4. The van der Waals surface area contributed by atoms with E-state index in [1.54, 1.807) is 19.6 Å². The number of rotatable bonds is 38. The number of carboxylic acids is 3. The number of nitrogens with one attached hydrogen (secondary N) is 2. The number of ether oxygens (including phenoxy) is 7. The van der Waals surface area contributed by atoms with E-state index in [0.717, 1.165) is 196 Å². The van der Waals surface area contributed by atoms with Gasteiger partial charge in [0, 0.05) is 190 Å². The summed E-state index contributed by atoms with van der Waals surface area (Å²) in [5, 5.41) is 29.9. The van der Waals surface area contributed by atoms with Crippen LogP contribution in [0.4, 0.5) is 0 Å². The number of methoxy groups -OCH3 is 3. The molecule has 36 nitrogen and oxygen atoms in total. The average Bonchev–Trinajstić information content (AvgIpc) is 1.84. The minimum Gasteiger partial charge on any atom is -0.478 e. The number of nitrogens with zero attached hydrogens (tertiary/aromatic N) is 6. The lowest BCUT2D eigenvalue weighted by molar-refractivity contribution is -0.140. The normalized spacial score (nSPS) is 15.3. The lowest BCUT2D eigenvalue weighted by Gasteiger charge is -2.14. The smallest absolute Gasteiger partial charge is 0.331 e. The number of carbonyl (C=O) groups excluding carboxylic acids is 15. The fourth-order valence-electron chi connectivity index (χ4n) is 10.0. The second-order valence-electron chi connectivity index (χ2n) is 23.6. The summed E-state index contributed by atoms with van der Waals surface area (Å²) in [7, 11) is 3.70. The molecule has 0 spiro atoms. The molecule has 6 rings (SSSR count). The van der Waals surface area contributed by atoms with Crippen molar-refractivity contribution in [2.45, 2.75) is 128 Å². The minimum atomic E-state index is -1.20. The molecule has 0 aliphatic carbocycles. The number of unbranched alkanes of at least 4 members (excludes halogenated alkanes) is 6. The van der Waals surface area contributed by atoms with Crippen LogP contribution in [-0.4, -0.2) is 291 Å². The van der Waals surface area contributed by atoms with Crippen molar-refractivity contribution in [3.05, 3.63) is 72.9 Å². The van der Waals surface area contributed by atoms with Crippen molar-refractivity contribution >= 4 is 107 Å². The summed E-state index contributed by atoms with van der Waals surface area (Å²) in [5.74, 6) is -7.73. The minimum absolute atomic E-state index is 0.0668. The Kier molecular flexibility index (Phi) is 51.1. The fourth-order valence-corrected chi connectivity index (χ4v) is 10.0. The van der Waals surface area contributed by atoms with Crippen LogP contribution in [0.25, 0.3) is 0 Å². The molecular formula is C71H102N8O28. The van der Waals surface area contributed by atoms with E-state index in [0.29, 0.717) is 110 Å². The summed E-state index contributed by atoms with van der Waals surface area (Å²) >= 11 is 0. The van der Waals surface area contributed by atoms with E-state index < -0.39 is 65.6 Å². The van der Waals surface area contributed by atoms with Gasteiger partial charge in [0.1, 0.15) is 13.2 Å². The SMILES string of the molecule is COC(=O)C=CC(=O)NCCN1CCCC1=O.COC(=O)C=CC(=O)OCCCCCCN1CCCC1=O.COC(=O)C=CC(=O)OCCN1CCCC1=O.O=C(O)C=CC(=O)NCCN1CCCC1=O.O=C(O)C=CC(=O)OCCCCCCN1CCCC1=O.O=C(O)C=CC(=O)OCCN1CCCC1=O. The Morgan fingerprint density at radius 3 is 0.785 bits per heavy atom. The van der Waals surface area contributed by atoms with Crippen LogP contribution in [0.5, 0.6) is 0 Å². The van der Waals surface area contributed by atoms with Gasteiger partial charge in [0.05, 0.1) is 47.6 Å². The summed E-state index contributed by atoms with van der Waals surface area (Å²) in [5.41, 5.74) is 0. The van der Waals surface area contributed by atoms with Crippen molar-refractivity contribution in [1.29, 1.82) is 0 Å². The third kappa shape index (κ3) is 49.3. The summed E-state index contributed by atoms with van der Waals surface area (Å²) in [6.45, 7) is 9.68. The predicted octanol–water partition coefficient (Wildman–Crippen LogP) is 1.29. The Labute approximate surface area is 620 Å². The van der Waals surface area contributed by atoms with E-state index in [-0.39, 0.29) is 54.6 Å². The van der Waals surface area contributed by atoms with Gasteiger partial charge in [0.15, 0.2) is 0 Å². The molecule has 0 aromatic rings. The molecular weight excluding hydrogens is 1410 g/mol. The van der Waals surface area contributed by atoms with Crippen LogP contribution in [0.3, 0.4) is 0 Å². The average molecular weight is 1520 g/mol. The topological polar surface area (TPSA) is 476 Å². The van der Waals surface area contributed by atoms with Gasteiger partial charge in [-0.3, -0.25) is 38.4 Å². The van der Waals surface area contributed by atoms with Crippen LogP contribution in [0.15, 0.2) is 72.9 Å². The van der Waals surface area contributed by atoms with Crippen molar-refractivity contribution in [1.82, 2.24) is 40.0 Å². The molecule has 0 atom stereocenters. The maximum Gasteiger partial charge on any atom is 0.331 e. The number of amides is 8. The number of likely N-dealkylation sites (tertiary alicyclic amines) is 6. The monoisotopic (exact) mass is 1510 g/mol. The summed E-state index contributed by atoms with van der Waals surface area (Å²) in [6, 6.07) is 0. The van der Waals surface area contributed by atoms with Gasteiger partial charge in [0.2, 0.25) is 47.3 Å². The fraction of sp³-hybridized carbons (Fsp3) is 0.577. The molecule has 36 heteroatoms. The molecule has 0 bridgehead atoms. The van der Waals surface area contributed by atoms with E-state index in [1.807, 2.05) is 9.80 Å². The summed E-state index contributed by atoms with van der Waals surface area (Å²) in [6.07, 6.45) is 27.6. The van der Waals surface area contributed by atoms with Crippen molar-refractivity contribution in [2.24, 2.45) is 0 Å². The number of hydrogen-bond donors (Lipinski definition) is 5. The van der Waals surface area contributed by atoms with E-state index in [4.69, 9.17) is 34.3 Å². The van der Waals surface area contributed by atoms with Gasteiger partial charge in [-0.05, 0) is 77.0 Å². The standard InChI is InChI=1S/C15H23NO5.C14H21NO5.C11H16N2O4.C11H15NO5.C10H14N2O4.C10H13NO5/c1-20-14(18)8-9-15(19)21-12-5-3-2-4-10-16-11-6-7-13(16)17;16-12-6-5-10-15(12)9-3-1-2-4-11-20-14(19)8-7-13(17)18;1-17-11(16)5-4-9(14)12-6-8-13-7-2-3-10(13)15;1-16-10(14)4-5-11(15)17-8-7-12-6-2-3-9(12)13;13-8(3-4-10(15)16)11-5-7-12-6-1-2-9(12)14;12-8-2-1-5-11(8)6-7-16-10(15)4-3-9(13)14/h8-9H,2-7,10-12H2,1H3;7-8H,1-6,9-11H2,(H,17,18);4-5H,2-3,6-8H2,1H3,(H,12,14);4-5H,2-3,6-8H2,1H3;3-4H,1-2,5-7H2,(H,11,13)(H,15,16);3-4H,1-2,5-7H2,(H,13,14). The first-order valence-corrected chi connectivity index (χ1v) is 35.1. The number of carboxylic acid groups (broad SMARTS) is 3. The molecule has 0 radical (unpaired) electrons. The lowest BCUT2D eigenvalue weighted by atomic mass is 10.2. The maximum absolute atomic E-state index is 11.4. The molecule has 6 heterocycles. The zero-order valence-electron chi connectivity index (χ0n) is 61.0. The molecule has 6 aliphatic rings. The predicted molar refractivity (Wildman–Crippen MR) is 375 cm³/mol. The zero-order chi connectivity index (χ0) is 79.6. The van der Waals surface area contributed by atoms with Crippen LogP contribution in [0.1, 0.15) is 128 Å². The highest BCUT2D eigenvalue weighted by Crippen LogP contribution is 2.15. The van der Waals surface area contributed by atoms with E-state index >= 15 is 0 Å². The molecule has 107 heavy (non-hydrogen) atoms. The molecule has 0 aromatic heterocycles. The molecule has 6 aliphatic heterocycles. The van der Waals surface area contributed by atoms with Gasteiger partial charge in [-0.25, -0.2) is 47.9 Å². The molecule has 6 fully saturated rings. The van der Waals surface area contributed by atoms with Crippen molar-refractivity contribution < 1.29 is 135 Å². The van der Waals surface area contributed by atoms with Crippen molar-refractivity contribution in [2.75, 3.05) is 139 Å². The second-order valence-corrected chi connectivity index (χ2v) is 23.6. The highest BCUT2D eigenvalue weighted by molar-refractivity contribution is 5.96. The molecule has 0 aromatic carbocycles. The van der Waals surface area contributed by atoms with Gasteiger partial charge < -0.3 is 88.5 Å². The van der Waals surface area contributed by atoms with Gasteiger partial charge in [0.25, 0.3) is 0 Å². The van der Waals surface area contributed by atoms with E-state index in [1.165, 1.54) is 21.3 Å². The molecule has 0 unspecified atom stereocenters. The Balaban J connectivity index is 0.000000644. The Bertz CT molecular complexity index is 3010. The number of carbonyl (C=O) groups is 18. The summed E-state index contributed by atoms with van der Waals surface area (Å²) in [4.78, 5) is 207. The van der Waals surface area contributed by atoms with Crippen molar-refractivity contribution in [3.63, 3.8) is 0 Å². The van der Waals surface area contributed by atoms with Crippen molar-refractivity contribution in [3.8, 4) is 0 Å². The quantitative estimate of drug-likeness (QED) is 0.0252. The van der Waals surface area contributed by atoms with Gasteiger partial charge in [-0.15, -0.1) is 0 Å². The Hall–Kier alpha value is -11.1. The molecule has 5 N–H and O–H groups in total. The largest absolute Gasteiger partial charge is 0.478 e. The summed E-state index contributed by atoms with van der Waals surface area (Å²) < 4.78 is 32.3. The van der Waals surface area contributed by atoms with E-state index in [2.05, 4.69) is 24.8 Å². The Morgan fingerprint density at radius 2 is 0.514 bits per heavy atom. The first-order chi connectivity index (χ1) is 51.2. The third-order valence-electron chi connectivity index (χ3n) is 15.5. The van der Waals surface area contributed by atoms with Gasteiger partial charge in [-0.2, -0.15) is 0 Å². The highest BCUT2D eigenvalue weighted by atomic mass is 16.6. The molecule has 594 valence electrons. The number of aliphatic carboxylic acids is 3.